The summed E-state index contributed by atoms with van der Waals surface area (Å²) in [4.78, 5) is 4.85. The normalized spacial score (nSPS) is 11.8. The molecule has 2 nitrogen and oxygen atoms in total. The van der Waals surface area contributed by atoms with Crippen molar-refractivity contribution in [2.75, 3.05) is 20.1 Å². The van der Waals surface area contributed by atoms with Crippen LogP contribution < -0.4 is 0 Å². The molecule has 0 aliphatic rings. The Labute approximate surface area is 99.2 Å². The maximum Gasteiger partial charge on any atom is 0.251 e. The number of hydrogen-bond acceptors (Lipinski definition) is 1. The van der Waals surface area contributed by atoms with Gasteiger partial charge in [-0.25, -0.2) is 8.78 Å². The Bertz CT molecular complexity index is 479. The summed E-state index contributed by atoms with van der Waals surface area (Å²) in [6, 6.07) is 8.03. The highest BCUT2D eigenvalue weighted by Crippen LogP contribution is 2.18. The van der Waals surface area contributed by atoms with Crippen LogP contribution in [0.2, 0.25) is 0 Å². The standard InChI is InChI=1S/C13H16F2N2/c1-17(9-13(14)15)7-6-10-8-16-12-5-3-2-4-11(10)12/h2-5,8,13,16H,6-7,9H2,1H3. The highest BCUT2D eigenvalue weighted by atomic mass is 19.3. The number of hydrogen-bond donors (Lipinski definition) is 1. The van der Waals surface area contributed by atoms with E-state index in [0.717, 1.165) is 11.9 Å². The van der Waals surface area contributed by atoms with E-state index in [9.17, 15) is 8.78 Å². The maximum absolute atomic E-state index is 12.2. The monoisotopic (exact) mass is 238 g/mol. The first-order valence-electron chi connectivity index (χ1n) is 5.68. The zero-order valence-electron chi connectivity index (χ0n) is 9.79. The summed E-state index contributed by atoms with van der Waals surface area (Å²) < 4.78 is 24.3. The number of nitrogens with zero attached hydrogens (tertiary/aromatic N) is 1. The van der Waals surface area contributed by atoms with Crippen molar-refractivity contribution in [3.05, 3.63) is 36.0 Å². The Balaban J connectivity index is 1.99. The quantitative estimate of drug-likeness (QED) is 0.848. The Morgan fingerprint density at radius 2 is 2.06 bits per heavy atom. The minimum Gasteiger partial charge on any atom is -0.361 e. The second-order valence-electron chi connectivity index (χ2n) is 4.26. The molecule has 1 aromatic heterocycles. The molecule has 0 radical (unpaired) electrons. The predicted octanol–water partition coefficient (Wildman–Crippen LogP) is 2.91. The predicted molar refractivity (Wildman–Crippen MR) is 65.5 cm³/mol. The lowest BCUT2D eigenvalue weighted by atomic mass is 10.1. The number of fused-ring (bicyclic) bond motifs is 1. The number of benzene rings is 1. The first-order chi connectivity index (χ1) is 8.16. The third-order valence-corrected chi connectivity index (χ3v) is 2.89. The molecule has 17 heavy (non-hydrogen) atoms. The van der Waals surface area contributed by atoms with Crippen molar-refractivity contribution in [1.29, 1.82) is 0 Å². The van der Waals surface area contributed by atoms with Gasteiger partial charge in [0, 0.05) is 23.6 Å². The van der Waals surface area contributed by atoms with Crippen molar-refractivity contribution in [1.82, 2.24) is 9.88 Å². The largest absolute Gasteiger partial charge is 0.361 e. The molecule has 0 unspecified atom stereocenters. The van der Waals surface area contributed by atoms with Gasteiger partial charge in [-0.05, 0) is 25.1 Å². The average Bonchev–Trinajstić information content (AvgIpc) is 2.69. The van der Waals surface area contributed by atoms with Crippen LogP contribution in [0.4, 0.5) is 8.78 Å². The van der Waals surface area contributed by atoms with E-state index in [-0.39, 0.29) is 6.54 Å². The fourth-order valence-corrected chi connectivity index (χ4v) is 1.98. The molecule has 0 amide bonds. The fraction of sp³-hybridized carbons (Fsp3) is 0.385. The van der Waals surface area contributed by atoms with Gasteiger partial charge in [0.1, 0.15) is 0 Å². The Hall–Kier alpha value is -1.42. The van der Waals surface area contributed by atoms with E-state index in [1.165, 1.54) is 10.9 Å². The van der Waals surface area contributed by atoms with Gasteiger partial charge >= 0.3 is 0 Å². The number of para-hydroxylation sites is 1. The zero-order valence-corrected chi connectivity index (χ0v) is 9.79. The van der Waals surface area contributed by atoms with Crippen LogP contribution in [0.15, 0.2) is 30.5 Å². The lowest BCUT2D eigenvalue weighted by Crippen LogP contribution is -2.26. The molecule has 0 atom stereocenters. The third-order valence-electron chi connectivity index (χ3n) is 2.89. The molecule has 2 aromatic rings. The lowest BCUT2D eigenvalue weighted by molar-refractivity contribution is 0.101. The zero-order chi connectivity index (χ0) is 12.3. The second kappa shape index (κ2) is 5.27. The van der Waals surface area contributed by atoms with E-state index in [1.807, 2.05) is 30.5 Å². The van der Waals surface area contributed by atoms with Crippen LogP contribution in [0.25, 0.3) is 10.9 Å². The van der Waals surface area contributed by atoms with Crippen LogP contribution in [-0.4, -0.2) is 36.4 Å². The molecular formula is C13H16F2N2. The molecule has 2 rings (SSSR count). The minimum absolute atomic E-state index is 0.164. The van der Waals surface area contributed by atoms with Gasteiger partial charge < -0.3 is 9.88 Å². The third kappa shape index (κ3) is 3.03. The van der Waals surface area contributed by atoms with E-state index in [0.29, 0.717) is 6.54 Å². The number of aromatic amines is 1. The Morgan fingerprint density at radius 3 is 2.82 bits per heavy atom. The van der Waals surface area contributed by atoms with Crippen LogP contribution in [0.1, 0.15) is 5.56 Å². The van der Waals surface area contributed by atoms with Gasteiger partial charge in [-0.2, -0.15) is 0 Å². The van der Waals surface area contributed by atoms with Crippen LogP contribution in [0.5, 0.6) is 0 Å². The number of rotatable bonds is 5. The van der Waals surface area contributed by atoms with E-state index in [1.54, 1.807) is 11.9 Å². The summed E-state index contributed by atoms with van der Waals surface area (Å²) in [5, 5.41) is 1.18. The molecular weight excluding hydrogens is 222 g/mol. The summed E-state index contributed by atoms with van der Waals surface area (Å²) in [6.45, 7) is 0.481. The smallest absolute Gasteiger partial charge is 0.251 e. The minimum atomic E-state index is -2.26. The van der Waals surface area contributed by atoms with Gasteiger partial charge in [0.2, 0.25) is 0 Å². The molecule has 4 heteroatoms. The summed E-state index contributed by atoms with van der Waals surface area (Å²) in [5.74, 6) is 0. The molecule has 0 saturated carbocycles. The number of nitrogens with one attached hydrogen (secondary N) is 1. The van der Waals surface area contributed by atoms with Crippen molar-refractivity contribution in [2.24, 2.45) is 0 Å². The Kier molecular flexibility index (Phi) is 3.74. The van der Waals surface area contributed by atoms with Gasteiger partial charge in [0.05, 0.1) is 6.54 Å². The first kappa shape index (κ1) is 12.0. The highest BCUT2D eigenvalue weighted by molar-refractivity contribution is 5.83. The summed E-state index contributed by atoms with van der Waals surface area (Å²) >= 11 is 0. The average molecular weight is 238 g/mol. The Morgan fingerprint density at radius 1 is 1.29 bits per heavy atom. The highest BCUT2D eigenvalue weighted by Gasteiger charge is 2.09. The van der Waals surface area contributed by atoms with Gasteiger partial charge in [0.25, 0.3) is 6.43 Å². The first-order valence-corrected chi connectivity index (χ1v) is 5.68. The van der Waals surface area contributed by atoms with E-state index >= 15 is 0 Å². The molecule has 1 N–H and O–H groups in total. The lowest BCUT2D eigenvalue weighted by Gasteiger charge is -2.15. The van der Waals surface area contributed by atoms with Crippen molar-refractivity contribution < 1.29 is 8.78 Å². The molecule has 0 saturated heterocycles. The van der Waals surface area contributed by atoms with Crippen LogP contribution in [-0.2, 0) is 6.42 Å². The van der Waals surface area contributed by atoms with Crippen molar-refractivity contribution in [2.45, 2.75) is 12.8 Å². The number of likely N-dealkylation sites (N-methyl/N-ethyl adjacent to an activating group) is 1. The molecule has 92 valence electrons. The number of H-pyrrole nitrogens is 1. The fourth-order valence-electron chi connectivity index (χ4n) is 1.98. The molecule has 1 heterocycles. The summed E-state index contributed by atoms with van der Waals surface area (Å²) in [5.41, 5.74) is 2.28. The van der Waals surface area contributed by atoms with Crippen LogP contribution in [0.3, 0.4) is 0 Å². The number of halogens is 2. The van der Waals surface area contributed by atoms with E-state index < -0.39 is 6.43 Å². The van der Waals surface area contributed by atoms with E-state index in [2.05, 4.69) is 4.98 Å². The number of aromatic nitrogens is 1. The number of alkyl halides is 2. The summed E-state index contributed by atoms with van der Waals surface area (Å²) in [7, 11) is 1.72. The molecule has 0 fully saturated rings. The van der Waals surface area contributed by atoms with Gasteiger partial charge in [0.15, 0.2) is 0 Å². The second-order valence-corrected chi connectivity index (χ2v) is 4.26. The SMILES string of the molecule is CN(CCc1c[nH]c2ccccc12)CC(F)F. The van der Waals surface area contributed by atoms with Gasteiger partial charge in [-0.15, -0.1) is 0 Å². The van der Waals surface area contributed by atoms with Gasteiger partial charge in [-0.3, -0.25) is 0 Å². The van der Waals surface area contributed by atoms with Crippen molar-refractivity contribution in [3.8, 4) is 0 Å². The van der Waals surface area contributed by atoms with Crippen LogP contribution in [0, 0.1) is 0 Å². The van der Waals surface area contributed by atoms with Crippen molar-refractivity contribution >= 4 is 10.9 Å². The van der Waals surface area contributed by atoms with Crippen molar-refractivity contribution in [3.63, 3.8) is 0 Å². The molecule has 1 aromatic carbocycles. The molecule has 0 aliphatic carbocycles. The maximum atomic E-state index is 12.2. The molecule has 0 aliphatic heterocycles. The van der Waals surface area contributed by atoms with E-state index in [4.69, 9.17) is 0 Å². The molecule has 0 spiro atoms. The van der Waals surface area contributed by atoms with Gasteiger partial charge in [-0.1, -0.05) is 18.2 Å². The van der Waals surface area contributed by atoms with Crippen LogP contribution >= 0.6 is 0 Å². The topological polar surface area (TPSA) is 19.0 Å². The summed E-state index contributed by atoms with van der Waals surface area (Å²) in [6.07, 6.45) is 0.483. The molecule has 0 bridgehead atoms.